The number of hydrogen-bond donors (Lipinski definition) is 0. The average molecular weight is 439 g/mol. The third-order valence-electron chi connectivity index (χ3n) is 2.84. The van der Waals surface area contributed by atoms with E-state index in [4.69, 9.17) is 69.6 Å². The van der Waals surface area contributed by atoms with Crippen molar-refractivity contribution in [1.82, 2.24) is 0 Å². The van der Waals surface area contributed by atoms with Gasteiger partial charge in [0.2, 0.25) is 0 Å². The molecule has 9 heteroatoms. The molecule has 0 fully saturated rings. The zero-order chi connectivity index (χ0) is 16.8. The van der Waals surface area contributed by atoms with E-state index in [0.717, 1.165) is 6.26 Å². The van der Waals surface area contributed by atoms with Gasteiger partial charge in [0.1, 0.15) is 0 Å². The number of sulfone groups is 1. The molecule has 0 aliphatic carbocycles. The Balaban J connectivity index is 2.88. The third-order valence-corrected chi connectivity index (χ3v) is 6.72. The molecule has 2 rings (SSSR count). The fourth-order valence-corrected chi connectivity index (χ4v) is 4.31. The first-order valence-corrected chi connectivity index (χ1v) is 9.73. The zero-order valence-electron chi connectivity index (χ0n) is 10.7. The molecule has 2 aromatic carbocycles. The molecule has 0 spiro atoms. The summed E-state index contributed by atoms with van der Waals surface area (Å²) in [6.07, 6.45) is 1.01. The molecule has 0 bridgehead atoms. The van der Waals surface area contributed by atoms with Gasteiger partial charge < -0.3 is 0 Å². The van der Waals surface area contributed by atoms with Crippen LogP contribution < -0.4 is 0 Å². The van der Waals surface area contributed by atoms with Gasteiger partial charge in [0.25, 0.3) is 0 Å². The first kappa shape index (κ1) is 18.5. The van der Waals surface area contributed by atoms with Crippen LogP contribution in [0.5, 0.6) is 0 Å². The van der Waals surface area contributed by atoms with Gasteiger partial charge in [-0.3, -0.25) is 0 Å². The Morgan fingerprint density at radius 2 is 1.27 bits per heavy atom. The lowest BCUT2D eigenvalue weighted by atomic mass is 10.1. The predicted molar refractivity (Wildman–Crippen MR) is 95.0 cm³/mol. The van der Waals surface area contributed by atoms with E-state index in [1.807, 2.05) is 0 Å². The smallest absolute Gasteiger partial charge is 0.177 e. The largest absolute Gasteiger partial charge is 0.224 e. The molecule has 2 aromatic rings. The zero-order valence-corrected chi connectivity index (χ0v) is 16.1. The van der Waals surface area contributed by atoms with Crippen LogP contribution >= 0.6 is 69.6 Å². The summed E-state index contributed by atoms with van der Waals surface area (Å²) in [4.78, 5) is -0.152. The molecule has 0 N–H and O–H groups in total. The van der Waals surface area contributed by atoms with Crippen LogP contribution in [0.4, 0.5) is 0 Å². The molecule has 0 aliphatic rings. The Labute approximate surface area is 157 Å². The molecule has 0 aromatic heterocycles. The summed E-state index contributed by atoms with van der Waals surface area (Å²) in [5.74, 6) is 0. The molecule has 0 saturated carbocycles. The molecule has 0 heterocycles. The van der Waals surface area contributed by atoms with Gasteiger partial charge in [0, 0.05) is 17.4 Å². The van der Waals surface area contributed by atoms with E-state index in [-0.39, 0.29) is 35.0 Å². The lowest BCUT2D eigenvalue weighted by Crippen LogP contribution is -2.00. The topological polar surface area (TPSA) is 34.1 Å². The van der Waals surface area contributed by atoms with E-state index in [1.165, 1.54) is 12.1 Å². The summed E-state index contributed by atoms with van der Waals surface area (Å²) in [7, 11) is -3.61. The maximum absolute atomic E-state index is 11.8. The van der Waals surface area contributed by atoms with Crippen LogP contribution in [0.1, 0.15) is 0 Å². The van der Waals surface area contributed by atoms with Crippen molar-refractivity contribution in [3.05, 3.63) is 48.3 Å². The van der Waals surface area contributed by atoms with Crippen molar-refractivity contribution >= 4 is 79.4 Å². The molecular weight excluding hydrogens is 433 g/mol. The summed E-state index contributed by atoms with van der Waals surface area (Å²) < 4.78 is 23.7. The fraction of sp³-hybridized carbons (Fsp3) is 0.0769. The molecule has 118 valence electrons. The Bertz CT molecular complexity index is 877. The van der Waals surface area contributed by atoms with Gasteiger partial charge in [-0.2, -0.15) is 0 Å². The highest BCUT2D eigenvalue weighted by Crippen LogP contribution is 2.46. The minimum absolute atomic E-state index is 0.0688. The van der Waals surface area contributed by atoms with Crippen molar-refractivity contribution in [3.8, 4) is 11.1 Å². The highest BCUT2D eigenvalue weighted by Gasteiger charge is 2.23. The standard InChI is InChI=1S/C13H6Cl6O2S/c1-22(20,21)8-4-6(10(16)13(19)12(8)18)5-2-3-7(14)11(17)9(5)15/h2-4H,1H3. The normalized spacial score (nSPS) is 11.8. The summed E-state index contributed by atoms with van der Waals surface area (Å²) >= 11 is 36.2. The van der Waals surface area contributed by atoms with Crippen molar-refractivity contribution < 1.29 is 8.42 Å². The van der Waals surface area contributed by atoms with Crippen LogP contribution in [-0.4, -0.2) is 14.7 Å². The SMILES string of the molecule is CS(=O)(=O)c1cc(-c2ccc(Cl)c(Cl)c2Cl)c(Cl)c(Cl)c1Cl. The predicted octanol–water partition coefficient (Wildman–Crippen LogP) is 6.68. The van der Waals surface area contributed by atoms with Crippen LogP contribution in [0, 0.1) is 0 Å². The van der Waals surface area contributed by atoms with Gasteiger partial charge in [-0.05, 0) is 12.1 Å². The third kappa shape index (κ3) is 3.32. The first-order valence-electron chi connectivity index (χ1n) is 5.57. The van der Waals surface area contributed by atoms with Crippen molar-refractivity contribution in [1.29, 1.82) is 0 Å². The fourth-order valence-electron chi connectivity index (χ4n) is 1.78. The van der Waals surface area contributed by atoms with E-state index in [2.05, 4.69) is 0 Å². The quantitative estimate of drug-likeness (QED) is 0.490. The van der Waals surface area contributed by atoms with E-state index in [0.29, 0.717) is 11.1 Å². The number of benzene rings is 2. The van der Waals surface area contributed by atoms with Gasteiger partial charge in [-0.1, -0.05) is 75.7 Å². The van der Waals surface area contributed by atoms with E-state index >= 15 is 0 Å². The van der Waals surface area contributed by atoms with Crippen molar-refractivity contribution in [3.63, 3.8) is 0 Å². The van der Waals surface area contributed by atoms with Gasteiger partial charge in [0.05, 0.1) is 35.0 Å². The molecule has 2 nitrogen and oxygen atoms in total. The van der Waals surface area contributed by atoms with E-state index in [1.54, 1.807) is 6.07 Å². The van der Waals surface area contributed by atoms with Gasteiger partial charge in [-0.25, -0.2) is 8.42 Å². The molecular formula is C13H6Cl6O2S. The van der Waals surface area contributed by atoms with Crippen LogP contribution in [0.15, 0.2) is 23.1 Å². The van der Waals surface area contributed by atoms with Gasteiger partial charge in [-0.15, -0.1) is 0 Å². The maximum atomic E-state index is 11.8. The summed E-state index contributed by atoms with van der Waals surface area (Å²) in [5, 5.41) is 0.365. The molecule has 0 aliphatic heterocycles. The van der Waals surface area contributed by atoms with Crippen molar-refractivity contribution in [2.24, 2.45) is 0 Å². The Morgan fingerprint density at radius 1 is 0.727 bits per heavy atom. The van der Waals surface area contributed by atoms with E-state index < -0.39 is 9.84 Å². The average Bonchev–Trinajstić information content (AvgIpc) is 2.42. The molecule has 0 unspecified atom stereocenters. The van der Waals surface area contributed by atoms with Crippen LogP contribution in [0.2, 0.25) is 30.1 Å². The number of hydrogen-bond acceptors (Lipinski definition) is 2. The molecule has 0 saturated heterocycles. The molecule has 0 radical (unpaired) electrons. The summed E-state index contributed by atoms with van der Waals surface area (Å²) in [5.41, 5.74) is 0.685. The lowest BCUT2D eigenvalue weighted by molar-refractivity contribution is 0.602. The van der Waals surface area contributed by atoms with Crippen molar-refractivity contribution in [2.45, 2.75) is 4.90 Å². The number of halogens is 6. The monoisotopic (exact) mass is 436 g/mol. The van der Waals surface area contributed by atoms with Crippen LogP contribution in [0.25, 0.3) is 11.1 Å². The van der Waals surface area contributed by atoms with E-state index in [9.17, 15) is 8.42 Å². The van der Waals surface area contributed by atoms with Gasteiger partial charge in [0.15, 0.2) is 9.84 Å². The van der Waals surface area contributed by atoms with Gasteiger partial charge >= 0.3 is 0 Å². The second kappa shape index (κ2) is 6.56. The lowest BCUT2D eigenvalue weighted by Gasteiger charge is -2.14. The Morgan fingerprint density at radius 3 is 1.82 bits per heavy atom. The minimum atomic E-state index is -3.61. The van der Waals surface area contributed by atoms with Crippen LogP contribution in [-0.2, 0) is 9.84 Å². The Hall–Kier alpha value is 0.130. The Kier molecular flexibility index (Phi) is 5.51. The molecule has 22 heavy (non-hydrogen) atoms. The van der Waals surface area contributed by atoms with Crippen LogP contribution in [0.3, 0.4) is 0 Å². The second-order valence-corrected chi connectivity index (χ2v) is 8.64. The molecule has 0 atom stereocenters. The first-order chi connectivity index (χ1) is 10.1. The second-order valence-electron chi connectivity index (χ2n) is 4.36. The highest BCUT2D eigenvalue weighted by molar-refractivity contribution is 7.90. The number of rotatable bonds is 2. The van der Waals surface area contributed by atoms with Crippen molar-refractivity contribution in [2.75, 3.05) is 6.26 Å². The molecule has 0 amide bonds. The summed E-state index contributed by atoms with van der Waals surface area (Å²) in [6.45, 7) is 0. The maximum Gasteiger partial charge on any atom is 0.177 e. The summed E-state index contributed by atoms with van der Waals surface area (Å²) in [6, 6.07) is 4.38. The highest BCUT2D eigenvalue weighted by atomic mass is 35.5. The minimum Gasteiger partial charge on any atom is -0.224 e.